The highest BCUT2D eigenvalue weighted by atomic mass is 35.5. The van der Waals surface area contributed by atoms with Crippen molar-refractivity contribution in [2.24, 2.45) is 0 Å². The lowest BCUT2D eigenvalue weighted by Crippen LogP contribution is -2.27. The van der Waals surface area contributed by atoms with Crippen LogP contribution in [0.2, 0.25) is 0 Å². The summed E-state index contributed by atoms with van der Waals surface area (Å²) in [5.41, 5.74) is 2.31. The summed E-state index contributed by atoms with van der Waals surface area (Å²) in [7, 11) is 0. The van der Waals surface area contributed by atoms with Crippen LogP contribution in [0.5, 0.6) is 0 Å². The molecule has 0 radical (unpaired) electrons. The minimum absolute atomic E-state index is 0.0101. The maximum atomic E-state index is 11.1. The van der Waals surface area contributed by atoms with Gasteiger partial charge in [0, 0.05) is 0 Å². The lowest BCUT2D eigenvalue weighted by Gasteiger charge is -2.15. The fraction of sp³-hybridized carbons (Fsp3) is 0.364. The Morgan fingerprint density at radius 2 is 2.14 bits per heavy atom. The van der Waals surface area contributed by atoms with Gasteiger partial charge < -0.3 is 5.32 Å². The molecule has 0 fully saturated rings. The van der Waals surface area contributed by atoms with Gasteiger partial charge in [0.1, 0.15) is 5.88 Å². The second kappa shape index (κ2) is 5.01. The minimum Gasteiger partial charge on any atom is -0.349 e. The second-order valence-electron chi connectivity index (χ2n) is 3.28. The number of aryl methyl sites for hydroxylation is 1. The smallest absolute Gasteiger partial charge is 0.235 e. The van der Waals surface area contributed by atoms with E-state index in [1.54, 1.807) is 0 Å². The van der Waals surface area contributed by atoms with Crippen molar-refractivity contribution in [3.8, 4) is 0 Å². The van der Waals surface area contributed by atoms with Gasteiger partial charge in [-0.1, -0.05) is 24.3 Å². The predicted octanol–water partition coefficient (Wildman–Crippen LogP) is 2.41. The summed E-state index contributed by atoms with van der Waals surface area (Å²) in [6.07, 6.45) is 0. The first-order chi connectivity index (χ1) is 6.65. The van der Waals surface area contributed by atoms with Crippen molar-refractivity contribution in [1.82, 2.24) is 5.32 Å². The van der Waals surface area contributed by atoms with Gasteiger partial charge in [-0.25, -0.2) is 0 Å². The summed E-state index contributed by atoms with van der Waals surface area (Å²) in [4.78, 5) is 11.1. The Morgan fingerprint density at radius 1 is 1.50 bits per heavy atom. The summed E-state index contributed by atoms with van der Waals surface area (Å²) in [5, 5.41) is 2.82. The Bertz CT molecular complexity index is 325. The van der Waals surface area contributed by atoms with E-state index in [-0.39, 0.29) is 17.8 Å². The zero-order valence-corrected chi connectivity index (χ0v) is 9.14. The van der Waals surface area contributed by atoms with Gasteiger partial charge in [0.25, 0.3) is 0 Å². The van der Waals surface area contributed by atoms with Crippen LogP contribution in [0.15, 0.2) is 24.3 Å². The summed E-state index contributed by atoms with van der Waals surface area (Å²) in [5.74, 6) is -0.127. The molecule has 2 nitrogen and oxygen atoms in total. The monoisotopic (exact) mass is 211 g/mol. The van der Waals surface area contributed by atoms with Gasteiger partial charge in [-0.3, -0.25) is 4.79 Å². The number of hydrogen-bond donors (Lipinski definition) is 1. The molecule has 0 aliphatic rings. The zero-order valence-electron chi connectivity index (χ0n) is 8.38. The molecule has 0 aliphatic carbocycles. The fourth-order valence-corrected chi connectivity index (χ4v) is 1.51. The number of amides is 1. The van der Waals surface area contributed by atoms with E-state index in [4.69, 9.17) is 11.6 Å². The maximum Gasteiger partial charge on any atom is 0.235 e. The molecule has 14 heavy (non-hydrogen) atoms. The molecule has 0 saturated carbocycles. The van der Waals surface area contributed by atoms with E-state index < -0.39 is 0 Å². The molecule has 0 aromatic heterocycles. The number of carbonyl (C=O) groups excluding carboxylic acids is 1. The molecule has 1 rings (SSSR count). The molecule has 1 aromatic rings. The highest BCUT2D eigenvalue weighted by Gasteiger charge is 2.09. The van der Waals surface area contributed by atoms with Crippen molar-refractivity contribution >= 4 is 17.5 Å². The van der Waals surface area contributed by atoms with Crippen LogP contribution in [0.4, 0.5) is 0 Å². The lowest BCUT2D eigenvalue weighted by molar-refractivity contribution is -0.119. The summed E-state index contributed by atoms with van der Waals surface area (Å²) in [6, 6.07) is 8.00. The van der Waals surface area contributed by atoms with E-state index in [2.05, 4.69) is 5.32 Å². The lowest BCUT2D eigenvalue weighted by atomic mass is 10.0. The largest absolute Gasteiger partial charge is 0.349 e. The first-order valence-electron chi connectivity index (χ1n) is 4.56. The fourth-order valence-electron chi connectivity index (χ4n) is 1.43. The highest BCUT2D eigenvalue weighted by molar-refractivity contribution is 6.27. The minimum atomic E-state index is -0.137. The van der Waals surface area contributed by atoms with Gasteiger partial charge in [-0.2, -0.15) is 0 Å². The highest BCUT2D eigenvalue weighted by Crippen LogP contribution is 2.16. The number of nitrogens with one attached hydrogen (secondary N) is 1. The average molecular weight is 212 g/mol. The van der Waals surface area contributed by atoms with Gasteiger partial charge in [0.15, 0.2) is 0 Å². The predicted molar refractivity (Wildman–Crippen MR) is 58.5 cm³/mol. The molecule has 76 valence electrons. The molecule has 1 aromatic carbocycles. The number of benzene rings is 1. The van der Waals surface area contributed by atoms with Gasteiger partial charge in [-0.05, 0) is 25.0 Å². The third kappa shape index (κ3) is 2.74. The summed E-state index contributed by atoms with van der Waals surface area (Å²) >= 11 is 5.41. The average Bonchev–Trinajstić information content (AvgIpc) is 2.18. The number of alkyl halides is 1. The molecular weight excluding hydrogens is 198 g/mol. The van der Waals surface area contributed by atoms with Gasteiger partial charge >= 0.3 is 0 Å². The van der Waals surface area contributed by atoms with E-state index >= 15 is 0 Å². The summed E-state index contributed by atoms with van der Waals surface area (Å²) in [6.45, 7) is 3.98. The van der Waals surface area contributed by atoms with Gasteiger partial charge in [0.2, 0.25) is 5.91 Å². The Balaban J connectivity index is 2.74. The van der Waals surface area contributed by atoms with E-state index in [1.165, 1.54) is 5.56 Å². The van der Waals surface area contributed by atoms with Crippen molar-refractivity contribution in [2.45, 2.75) is 19.9 Å². The maximum absolute atomic E-state index is 11.1. The van der Waals surface area contributed by atoms with Crippen LogP contribution >= 0.6 is 11.6 Å². The first-order valence-corrected chi connectivity index (χ1v) is 5.09. The third-order valence-corrected chi connectivity index (χ3v) is 2.40. The second-order valence-corrected chi connectivity index (χ2v) is 3.55. The number of hydrogen-bond acceptors (Lipinski definition) is 1. The van der Waals surface area contributed by atoms with Crippen LogP contribution in [0.25, 0.3) is 0 Å². The molecule has 0 aliphatic heterocycles. The van der Waals surface area contributed by atoms with E-state index in [0.717, 1.165) is 5.56 Å². The molecule has 0 spiro atoms. The number of carbonyl (C=O) groups is 1. The molecule has 1 atom stereocenters. The van der Waals surface area contributed by atoms with Crippen LogP contribution < -0.4 is 5.32 Å². The molecule has 3 heteroatoms. The van der Waals surface area contributed by atoms with Crippen LogP contribution in [-0.2, 0) is 4.79 Å². The molecule has 0 heterocycles. The summed E-state index contributed by atoms with van der Waals surface area (Å²) < 4.78 is 0. The standard InChI is InChI=1S/C11H14ClNO/c1-8-5-3-4-6-10(8)9(2)13-11(14)7-12/h3-6,9H,7H2,1-2H3,(H,13,14)/t9-/m1/s1. The molecule has 1 N–H and O–H groups in total. The van der Waals surface area contributed by atoms with Crippen molar-refractivity contribution in [3.05, 3.63) is 35.4 Å². The Morgan fingerprint density at radius 3 is 2.71 bits per heavy atom. The van der Waals surface area contributed by atoms with Crippen molar-refractivity contribution < 1.29 is 4.79 Å². The van der Waals surface area contributed by atoms with Crippen molar-refractivity contribution in [2.75, 3.05) is 5.88 Å². The van der Waals surface area contributed by atoms with E-state index in [0.29, 0.717) is 0 Å². The number of rotatable bonds is 3. The van der Waals surface area contributed by atoms with Crippen molar-refractivity contribution in [3.63, 3.8) is 0 Å². The molecule has 0 saturated heterocycles. The topological polar surface area (TPSA) is 29.1 Å². The first kappa shape index (κ1) is 11.1. The quantitative estimate of drug-likeness (QED) is 0.765. The third-order valence-electron chi connectivity index (χ3n) is 2.15. The number of halogens is 1. The Hall–Kier alpha value is -1.02. The van der Waals surface area contributed by atoms with Gasteiger partial charge in [-0.15, -0.1) is 11.6 Å². The van der Waals surface area contributed by atoms with Crippen LogP contribution in [0, 0.1) is 6.92 Å². The van der Waals surface area contributed by atoms with Gasteiger partial charge in [0.05, 0.1) is 6.04 Å². The normalized spacial score (nSPS) is 12.2. The Kier molecular flexibility index (Phi) is 3.96. The molecule has 0 unspecified atom stereocenters. The van der Waals surface area contributed by atoms with Crippen LogP contribution in [-0.4, -0.2) is 11.8 Å². The molecule has 1 amide bonds. The van der Waals surface area contributed by atoms with E-state index in [9.17, 15) is 4.79 Å². The zero-order chi connectivity index (χ0) is 10.6. The molecular formula is C11H14ClNO. The van der Waals surface area contributed by atoms with E-state index in [1.807, 2.05) is 38.1 Å². The van der Waals surface area contributed by atoms with Crippen molar-refractivity contribution in [1.29, 1.82) is 0 Å². The van der Waals surface area contributed by atoms with Crippen LogP contribution in [0.3, 0.4) is 0 Å². The van der Waals surface area contributed by atoms with Crippen LogP contribution in [0.1, 0.15) is 24.1 Å². The SMILES string of the molecule is Cc1ccccc1[C@@H](C)NC(=O)CCl. The molecule has 0 bridgehead atoms. The Labute approximate surface area is 89.3 Å².